The van der Waals surface area contributed by atoms with E-state index >= 15 is 0 Å². The molecule has 27 heavy (non-hydrogen) atoms. The summed E-state index contributed by atoms with van der Waals surface area (Å²) in [4.78, 5) is 25.0. The van der Waals surface area contributed by atoms with Crippen molar-refractivity contribution in [2.24, 2.45) is 0 Å². The van der Waals surface area contributed by atoms with Gasteiger partial charge in [-0.1, -0.05) is 0 Å². The lowest BCUT2D eigenvalue weighted by atomic mass is 10.0. The number of fused-ring (bicyclic) bond motifs is 1. The molecule has 0 radical (unpaired) electrons. The van der Waals surface area contributed by atoms with Gasteiger partial charge >= 0.3 is 0 Å². The van der Waals surface area contributed by atoms with E-state index in [1.165, 1.54) is 0 Å². The van der Waals surface area contributed by atoms with Crippen LogP contribution in [0.3, 0.4) is 0 Å². The molecule has 0 spiro atoms. The van der Waals surface area contributed by atoms with Gasteiger partial charge in [0.1, 0.15) is 5.56 Å². The fraction of sp³-hybridized carbons (Fsp3) is 0.0556. The third-order valence-electron chi connectivity index (χ3n) is 4.07. The topological polar surface area (TPSA) is 111 Å². The zero-order valence-electron chi connectivity index (χ0n) is 14.2. The highest BCUT2D eigenvalue weighted by Crippen LogP contribution is 2.30. The number of hydrogen-bond acceptors (Lipinski definition) is 6. The van der Waals surface area contributed by atoms with E-state index in [0.717, 1.165) is 33.6 Å². The molecule has 0 saturated carbocycles. The molecule has 0 aliphatic rings. The third kappa shape index (κ3) is 2.95. The monoisotopic (exact) mass is 363 g/mol. The summed E-state index contributed by atoms with van der Waals surface area (Å²) in [5, 5.41) is 6.76. The van der Waals surface area contributed by atoms with Gasteiger partial charge in [-0.25, -0.2) is 13.9 Å². The molecule has 8 nitrogen and oxygen atoms in total. The highest BCUT2D eigenvalue weighted by atomic mass is 19.1. The van der Waals surface area contributed by atoms with Crippen LogP contribution >= 0.6 is 0 Å². The van der Waals surface area contributed by atoms with Gasteiger partial charge < -0.3 is 11.1 Å². The van der Waals surface area contributed by atoms with Crippen molar-refractivity contribution >= 4 is 23.1 Å². The number of carbonyl (C=O) groups is 1. The number of pyridine rings is 2. The number of amides is 1. The quantitative estimate of drug-likeness (QED) is 0.578. The fourth-order valence-corrected chi connectivity index (χ4v) is 2.83. The summed E-state index contributed by atoms with van der Waals surface area (Å²) in [6.07, 6.45) is 8.74. The molecule has 0 aliphatic carbocycles. The molecule has 0 atom stereocenters. The van der Waals surface area contributed by atoms with Crippen LogP contribution in [0.2, 0.25) is 0 Å². The molecule has 4 heterocycles. The highest BCUT2D eigenvalue weighted by molar-refractivity contribution is 6.12. The van der Waals surface area contributed by atoms with E-state index in [1.54, 1.807) is 30.9 Å². The summed E-state index contributed by atoms with van der Waals surface area (Å²) < 4.78 is 14.5. The maximum atomic E-state index is 13.3. The average molecular weight is 363 g/mol. The molecule has 1 amide bonds. The molecule has 0 fully saturated rings. The maximum absolute atomic E-state index is 13.3. The zero-order chi connectivity index (χ0) is 19.0. The Bertz CT molecular complexity index is 1170. The molecule has 4 aromatic rings. The molecular weight excluding hydrogens is 349 g/mol. The average Bonchev–Trinajstić information content (AvgIpc) is 2.97. The van der Waals surface area contributed by atoms with Crippen LogP contribution in [0, 0.1) is 12.7 Å². The number of aryl methyl sites for hydroxylation is 1. The van der Waals surface area contributed by atoms with Crippen molar-refractivity contribution in [3.05, 3.63) is 66.3 Å². The Hall–Kier alpha value is -3.88. The van der Waals surface area contributed by atoms with Gasteiger partial charge in [-0.15, -0.1) is 5.10 Å². The van der Waals surface area contributed by atoms with Crippen molar-refractivity contribution in [2.45, 2.75) is 6.92 Å². The Kier molecular flexibility index (Phi) is 3.96. The molecule has 3 N–H and O–H groups in total. The van der Waals surface area contributed by atoms with Crippen LogP contribution in [-0.2, 0) is 0 Å². The summed E-state index contributed by atoms with van der Waals surface area (Å²) in [6, 6.07) is 3.53. The van der Waals surface area contributed by atoms with E-state index in [-0.39, 0.29) is 17.0 Å². The minimum Gasteiger partial charge on any atom is -0.381 e. The predicted molar refractivity (Wildman–Crippen MR) is 97.5 cm³/mol. The van der Waals surface area contributed by atoms with Gasteiger partial charge in [0.25, 0.3) is 5.91 Å². The summed E-state index contributed by atoms with van der Waals surface area (Å²) in [6.45, 7) is 1.92. The van der Waals surface area contributed by atoms with Gasteiger partial charge in [0.15, 0.2) is 17.3 Å². The first-order valence-electron chi connectivity index (χ1n) is 8.00. The second-order valence-corrected chi connectivity index (χ2v) is 5.87. The second kappa shape index (κ2) is 6.45. The lowest BCUT2D eigenvalue weighted by molar-refractivity contribution is 0.102. The number of rotatable bonds is 3. The number of nitrogens with one attached hydrogen (secondary N) is 1. The van der Waals surface area contributed by atoms with Gasteiger partial charge in [-0.05, 0) is 30.2 Å². The van der Waals surface area contributed by atoms with Crippen LogP contribution in [0.25, 0.3) is 16.8 Å². The fourth-order valence-electron chi connectivity index (χ4n) is 2.83. The summed E-state index contributed by atoms with van der Waals surface area (Å²) in [7, 11) is 0. The Morgan fingerprint density at radius 2 is 1.93 bits per heavy atom. The first-order chi connectivity index (χ1) is 13.0. The number of anilines is 2. The van der Waals surface area contributed by atoms with Gasteiger partial charge in [0.2, 0.25) is 0 Å². The SMILES string of the molecule is Cc1cnccc1-c1cnccc1NC(=O)c1c(N)nn2cc(F)cnc12. The second-order valence-electron chi connectivity index (χ2n) is 5.87. The number of hydrogen-bond donors (Lipinski definition) is 2. The minimum atomic E-state index is -0.582. The first kappa shape index (κ1) is 16.6. The van der Waals surface area contributed by atoms with Crippen molar-refractivity contribution in [3.8, 4) is 11.1 Å². The molecule has 134 valence electrons. The maximum Gasteiger partial charge on any atom is 0.263 e. The van der Waals surface area contributed by atoms with Crippen LogP contribution < -0.4 is 11.1 Å². The molecule has 0 unspecified atom stereocenters. The lowest BCUT2D eigenvalue weighted by Crippen LogP contribution is -2.14. The smallest absolute Gasteiger partial charge is 0.263 e. The number of halogens is 1. The van der Waals surface area contributed by atoms with Gasteiger partial charge in [0, 0.05) is 30.4 Å². The van der Waals surface area contributed by atoms with Crippen LogP contribution in [0.15, 0.2) is 49.3 Å². The van der Waals surface area contributed by atoms with Crippen molar-refractivity contribution < 1.29 is 9.18 Å². The van der Waals surface area contributed by atoms with Gasteiger partial charge in [-0.2, -0.15) is 0 Å². The van der Waals surface area contributed by atoms with E-state index in [2.05, 4.69) is 25.4 Å². The number of nitrogens with zero attached hydrogens (tertiary/aromatic N) is 5. The van der Waals surface area contributed by atoms with Crippen molar-refractivity contribution in [2.75, 3.05) is 11.1 Å². The molecule has 0 saturated heterocycles. The van der Waals surface area contributed by atoms with E-state index in [0.29, 0.717) is 5.69 Å². The number of nitrogen functional groups attached to an aromatic ring is 1. The Morgan fingerprint density at radius 1 is 1.15 bits per heavy atom. The number of carbonyl (C=O) groups excluding carboxylic acids is 1. The summed E-state index contributed by atoms with van der Waals surface area (Å²) >= 11 is 0. The molecule has 4 aromatic heterocycles. The van der Waals surface area contributed by atoms with E-state index in [9.17, 15) is 9.18 Å². The van der Waals surface area contributed by atoms with Gasteiger partial charge in [-0.3, -0.25) is 14.8 Å². The molecule has 0 bridgehead atoms. The zero-order valence-corrected chi connectivity index (χ0v) is 14.2. The molecule has 0 aliphatic heterocycles. The molecule has 4 rings (SSSR count). The van der Waals surface area contributed by atoms with Crippen LogP contribution in [0.1, 0.15) is 15.9 Å². The molecular formula is C18H14FN7O. The van der Waals surface area contributed by atoms with E-state index in [4.69, 9.17) is 5.73 Å². The van der Waals surface area contributed by atoms with E-state index < -0.39 is 11.7 Å². The Balaban J connectivity index is 1.75. The van der Waals surface area contributed by atoms with Crippen LogP contribution in [-0.4, -0.2) is 30.5 Å². The summed E-state index contributed by atoms with van der Waals surface area (Å²) in [5.41, 5.74) is 9.21. The lowest BCUT2D eigenvalue weighted by Gasteiger charge is -2.12. The van der Waals surface area contributed by atoms with Crippen molar-refractivity contribution in [1.29, 1.82) is 0 Å². The summed E-state index contributed by atoms with van der Waals surface area (Å²) in [5.74, 6) is -1.12. The normalized spacial score (nSPS) is 10.9. The Morgan fingerprint density at radius 3 is 2.74 bits per heavy atom. The van der Waals surface area contributed by atoms with Gasteiger partial charge in [0.05, 0.1) is 18.1 Å². The van der Waals surface area contributed by atoms with Crippen LogP contribution in [0.4, 0.5) is 15.9 Å². The molecule has 0 aromatic carbocycles. The van der Waals surface area contributed by atoms with Crippen molar-refractivity contribution in [1.82, 2.24) is 24.6 Å². The Labute approximate surface area is 152 Å². The van der Waals surface area contributed by atoms with Crippen LogP contribution in [0.5, 0.6) is 0 Å². The largest absolute Gasteiger partial charge is 0.381 e. The first-order valence-corrected chi connectivity index (χ1v) is 8.00. The number of nitrogens with two attached hydrogens (primary N) is 1. The third-order valence-corrected chi connectivity index (χ3v) is 4.07. The highest BCUT2D eigenvalue weighted by Gasteiger charge is 2.21. The number of aromatic nitrogens is 5. The minimum absolute atomic E-state index is 0.0405. The standard InChI is InChI=1S/C18H14FN7O/c1-10-6-21-4-2-12(10)13-8-22-5-3-14(13)24-18(27)15-16(20)25-26-9-11(19)7-23-17(15)26/h2-9H,1H3,(H2,20,25)(H,22,24,27). The molecule has 9 heteroatoms. The predicted octanol–water partition coefficient (Wildman–Crippen LogP) is 2.47. The van der Waals surface area contributed by atoms with Crippen molar-refractivity contribution in [3.63, 3.8) is 0 Å². The van der Waals surface area contributed by atoms with E-state index in [1.807, 2.05) is 13.0 Å².